The maximum Gasteiger partial charge on any atom is 0.267 e. The van der Waals surface area contributed by atoms with Crippen LogP contribution in [0.3, 0.4) is 0 Å². The van der Waals surface area contributed by atoms with Gasteiger partial charge in [-0.2, -0.15) is 11.8 Å². The van der Waals surface area contributed by atoms with Crippen LogP contribution >= 0.6 is 23.3 Å². The molecule has 1 unspecified atom stereocenters. The van der Waals surface area contributed by atoms with Crippen LogP contribution in [0.15, 0.2) is 0 Å². The van der Waals surface area contributed by atoms with Crippen LogP contribution < -0.4 is 0 Å². The van der Waals surface area contributed by atoms with Crippen LogP contribution in [0.5, 0.6) is 0 Å². The molecule has 7 heteroatoms. The number of amides is 1. The Morgan fingerprint density at radius 3 is 2.77 bits per heavy atom. The number of rotatable bonds is 3. The van der Waals surface area contributed by atoms with Crippen molar-refractivity contribution in [3.05, 3.63) is 10.6 Å². The van der Waals surface area contributed by atoms with Gasteiger partial charge in [-0.15, -0.1) is 5.10 Å². The highest BCUT2D eigenvalue weighted by Gasteiger charge is 2.30. The van der Waals surface area contributed by atoms with E-state index in [-0.39, 0.29) is 5.91 Å². The predicted octanol–water partition coefficient (Wildman–Crippen LogP) is 2.28. The molecule has 3 rings (SSSR count). The number of likely N-dealkylation sites (tertiary alicyclic amines) is 1. The van der Waals surface area contributed by atoms with Gasteiger partial charge < -0.3 is 9.80 Å². The van der Waals surface area contributed by atoms with Gasteiger partial charge in [-0.25, -0.2) is 0 Å². The maximum atomic E-state index is 12.9. The SMILES string of the molecule is Cc1nnsc1C(=O)N1CCCSCC1CN1CCCCC1. The van der Waals surface area contributed by atoms with Crippen molar-refractivity contribution in [3.63, 3.8) is 0 Å². The molecule has 2 fully saturated rings. The summed E-state index contributed by atoms with van der Waals surface area (Å²) in [7, 11) is 0. The van der Waals surface area contributed by atoms with Crippen LogP contribution in [0.1, 0.15) is 41.0 Å². The first-order valence-corrected chi connectivity index (χ1v) is 10.1. The predicted molar refractivity (Wildman–Crippen MR) is 91.7 cm³/mol. The summed E-state index contributed by atoms with van der Waals surface area (Å²) in [5, 5.41) is 4.00. The minimum absolute atomic E-state index is 0.136. The summed E-state index contributed by atoms with van der Waals surface area (Å²) in [4.78, 5) is 18.3. The number of carbonyl (C=O) groups excluding carboxylic acids is 1. The number of carbonyl (C=O) groups is 1. The Bertz CT molecular complexity index is 501. The molecular weight excluding hydrogens is 316 g/mol. The minimum atomic E-state index is 0.136. The third kappa shape index (κ3) is 3.81. The summed E-state index contributed by atoms with van der Waals surface area (Å²) in [6.07, 6.45) is 5.03. The molecule has 0 aliphatic carbocycles. The Kier molecular flexibility index (Phi) is 5.71. The number of hydrogen-bond donors (Lipinski definition) is 0. The van der Waals surface area contributed by atoms with Crippen LogP contribution in [0.25, 0.3) is 0 Å². The van der Waals surface area contributed by atoms with E-state index in [4.69, 9.17) is 0 Å². The molecule has 0 spiro atoms. The topological polar surface area (TPSA) is 49.3 Å². The number of aryl methyl sites for hydroxylation is 1. The van der Waals surface area contributed by atoms with E-state index in [0.29, 0.717) is 6.04 Å². The Labute approximate surface area is 140 Å². The lowest BCUT2D eigenvalue weighted by molar-refractivity contribution is 0.0649. The third-order valence-electron chi connectivity index (χ3n) is 4.46. The van der Waals surface area contributed by atoms with Crippen molar-refractivity contribution in [1.29, 1.82) is 0 Å². The molecule has 3 heterocycles. The molecule has 1 atom stereocenters. The van der Waals surface area contributed by atoms with Crippen LogP contribution in [-0.4, -0.2) is 69.0 Å². The van der Waals surface area contributed by atoms with E-state index in [1.54, 1.807) is 0 Å². The van der Waals surface area contributed by atoms with E-state index in [0.717, 1.165) is 41.6 Å². The average Bonchev–Trinajstić information content (AvgIpc) is 2.83. The zero-order valence-electron chi connectivity index (χ0n) is 13.2. The van der Waals surface area contributed by atoms with Crippen molar-refractivity contribution in [2.75, 3.05) is 37.7 Å². The molecule has 1 aromatic rings. The first-order valence-electron chi connectivity index (χ1n) is 8.15. The van der Waals surface area contributed by atoms with E-state index in [2.05, 4.69) is 19.4 Å². The van der Waals surface area contributed by atoms with Crippen LogP contribution in [0, 0.1) is 6.92 Å². The quantitative estimate of drug-likeness (QED) is 0.845. The lowest BCUT2D eigenvalue weighted by Gasteiger charge is -2.35. The second kappa shape index (κ2) is 7.75. The Morgan fingerprint density at radius 1 is 1.23 bits per heavy atom. The van der Waals surface area contributed by atoms with Gasteiger partial charge >= 0.3 is 0 Å². The highest BCUT2D eigenvalue weighted by Crippen LogP contribution is 2.22. The van der Waals surface area contributed by atoms with E-state index in [9.17, 15) is 4.79 Å². The fourth-order valence-electron chi connectivity index (χ4n) is 3.25. The van der Waals surface area contributed by atoms with Crippen molar-refractivity contribution in [2.24, 2.45) is 0 Å². The number of thioether (sulfide) groups is 1. The lowest BCUT2D eigenvalue weighted by Crippen LogP contribution is -2.49. The van der Waals surface area contributed by atoms with Crippen LogP contribution in [-0.2, 0) is 0 Å². The normalized spacial score (nSPS) is 24.2. The first kappa shape index (κ1) is 16.2. The fraction of sp³-hybridized carbons (Fsp3) is 0.800. The van der Waals surface area contributed by atoms with Gasteiger partial charge in [0.2, 0.25) is 0 Å². The molecule has 0 saturated carbocycles. The summed E-state index contributed by atoms with van der Waals surface area (Å²) >= 11 is 3.22. The van der Waals surface area contributed by atoms with Gasteiger partial charge in [-0.3, -0.25) is 4.79 Å². The maximum absolute atomic E-state index is 12.9. The molecular formula is C15H24N4OS2. The van der Waals surface area contributed by atoms with Gasteiger partial charge in [0, 0.05) is 18.8 Å². The van der Waals surface area contributed by atoms with E-state index < -0.39 is 0 Å². The molecule has 122 valence electrons. The van der Waals surface area contributed by atoms with Crippen LogP contribution in [0.4, 0.5) is 0 Å². The van der Waals surface area contributed by atoms with Gasteiger partial charge in [0.05, 0.1) is 11.7 Å². The molecule has 5 nitrogen and oxygen atoms in total. The summed E-state index contributed by atoms with van der Waals surface area (Å²) in [5.41, 5.74) is 0.767. The molecule has 2 aliphatic heterocycles. The molecule has 22 heavy (non-hydrogen) atoms. The highest BCUT2D eigenvalue weighted by atomic mass is 32.2. The van der Waals surface area contributed by atoms with Gasteiger partial charge in [-0.1, -0.05) is 10.9 Å². The standard InChI is InChI=1S/C15H24N4OS2/c1-12-14(22-17-16-12)15(20)19-8-5-9-21-11-13(19)10-18-6-3-2-4-7-18/h13H,2-11H2,1H3. The third-order valence-corrected chi connectivity index (χ3v) is 6.48. The van der Waals surface area contributed by atoms with Gasteiger partial charge in [0.1, 0.15) is 4.88 Å². The van der Waals surface area contributed by atoms with E-state index in [1.165, 1.54) is 43.9 Å². The zero-order valence-corrected chi connectivity index (χ0v) is 14.8. The molecule has 2 saturated heterocycles. The second-order valence-electron chi connectivity index (χ2n) is 6.13. The van der Waals surface area contributed by atoms with Crippen molar-refractivity contribution in [1.82, 2.24) is 19.4 Å². The molecule has 0 N–H and O–H groups in total. The van der Waals surface area contributed by atoms with Crippen molar-refractivity contribution >= 4 is 29.2 Å². The number of aromatic nitrogens is 2. The molecule has 0 bridgehead atoms. The average molecular weight is 341 g/mol. The molecule has 1 aromatic heterocycles. The smallest absolute Gasteiger partial charge is 0.267 e. The fourth-order valence-corrected chi connectivity index (χ4v) is 4.92. The van der Waals surface area contributed by atoms with Gasteiger partial charge in [-0.05, 0) is 56.6 Å². The summed E-state index contributed by atoms with van der Waals surface area (Å²) in [6.45, 7) is 6.13. The Balaban J connectivity index is 1.72. The second-order valence-corrected chi connectivity index (χ2v) is 8.03. The number of hydrogen-bond acceptors (Lipinski definition) is 6. The lowest BCUT2D eigenvalue weighted by atomic mass is 10.1. The zero-order chi connectivity index (χ0) is 15.4. The van der Waals surface area contributed by atoms with Gasteiger partial charge in [0.25, 0.3) is 5.91 Å². The van der Waals surface area contributed by atoms with Crippen molar-refractivity contribution < 1.29 is 4.79 Å². The first-order chi connectivity index (χ1) is 10.8. The number of piperidine rings is 1. The molecule has 1 amide bonds. The molecule has 0 radical (unpaired) electrons. The largest absolute Gasteiger partial charge is 0.333 e. The summed E-state index contributed by atoms with van der Waals surface area (Å²) < 4.78 is 3.93. The molecule has 0 aromatic carbocycles. The summed E-state index contributed by atoms with van der Waals surface area (Å²) in [6, 6.07) is 0.319. The van der Waals surface area contributed by atoms with Crippen molar-refractivity contribution in [2.45, 2.75) is 38.6 Å². The van der Waals surface area contributed by atoms with Gasteiger partial charge in [0.15, 0.2) is 0 Å². The van der Waals surface area contributed by atoms with E-state index in [1.807, 2.05) is 18.7 Å². The monoisotopic (exact) mass is 340 g/mol. The summed E-state index contributed by atoms with van der Waals surface area (Å²) in [5.74, 6) is 2.34. The van der Waals surface area contributed by atoms with E-state index >= 15 is 0 Å². The Hall–Kier alpha value is -0.660. The van der Waals surface area contributed by atoms with Crippen LogP contribution in [0.2, 0.25) is 0 Å². The molecule has 2 aliphatic rings. The number of nitrogens with zero attached hydrogens (tertiary/aromatic N) is 4. The minimum Gasteiger partial charge on any atom is -0.333 e. The highest BCUT2D eigenvalue weighted by molar-refractivity contribution is 7.99. The Morgan fingerprint density at radius 2 is 2.05 bits per heavy atom. The van der Waals surface area contributed by atoms with Crippen molar-refractivity contribution in [3.8, 4) is 0 Å².